The van der Waals surface area contributed by atoms with Gasteiger partial charge in [-0.3, -0.25) is 19.2 Å². The molecule has 0 saturated carbocycles. The monoisotopic (exact) mass is 420 g/mol. The molecule has 0 aromatic heterocycles. The van der Waals surface area contributed by atoms with Gasteiger partial charge in [0.2, 0.25) is 0 Å². The van der Waals surface area contributed by atoms with Gasteiger partial charge in [0.15, 0.2) is 0 Å². The van der Waals surface area contributed by atoms with E-state index in [4.69, 9.17) is 14.2 Å². The lowest BCUT2D eigenvalue weighted by atomic mass is 9.83. The number of esters is 3. The molecule has 4 unspecified atom stereocenters. The highest BCUT2D eigenvalue weighted by molar-refractivity contribution is 5.83. The summed E-state index contributed by atoms with van der Waals surface area (Å²) in [5, 5.41) is 9.37. The van der Waals surface area contributed by atoms with Crippen LogP contribution in [0, 0.1) is 29.1 Å². The van der Waals surface area contributed by atoms with Gasteiger partial charge in [-0.1, -0.05) is 31.2 Å². The van der Waals surface area contributed by atoms with Crippen LogP contribution in [-0.2, 0) is 33.4 Å². The summed E-state index contributed by atoms with van der Waals surface area (Å²) >= 11 is 0. The first-order valence-electron chi connectivity index (χ1n) is 10.4. The number of aliphatic carboxylic acids is 1. The zero-order chi connectivity index (χ0) is 21.7. The molecule has 0 spiro atoms. The van der Waals surface area contributed by atoms with Crippen LogP contribution in [-0.4, -0.2) is 48.8 Å². The minimum atomic E-state index is -1.03. The number of hydrogen-bond donors (Lipinski definition) is 1. The van der Waals surface area contributed by atoms with Crippen LogP contribution in [0.1, 0.15) is 39.0 Å². The molecule has 3 rings (SSSR count). The van der Waals surface area contributed by atoms with Gasteiger partial charge in [0.05, 0.1) is 29.1 Å². The summed E-state index contributed by atoms with van der Waals surface area (Å²) in [6.45, 7) is 1.64. The smallest absolute Gasteiger partial charge is 0.310 e. The van der Waals surface area contributed by atoms with Crippen molar-refractivity contribution in [2.75, 3.05) is 19.8 Å². The Morgan fingerprint density at radius 3 is 1.97 bits per heavy atom. The molecule has 0 aromatic rings. The molecule has 0 aromatic carbocycles. The Kier molecular flexibility index (Phi) is 6.95. The van der Waals surface area contributed by atoms with Gasteiger partial charge in [0.25, 0.3) is 0 Å². The fourth-order valence-corrected chi connectivity index (χ4v) is 4.11. The molecule has 0 radical (unpaired) electrons. The fraction of sp³-hybridized carbons (Fsp3) is 0.636. The van der Waals surface area contributed by atoms with Gasteiger partial charge >= 0.3 is 23.9 Å². The lowest BCUT2D eigenvalue weighted by molar-refractivity contribution is -0.166. The molecule has 164 valence electrons. The quantitative estimate of drug-likeness (QED) is 0.409. The van der Waals surface area contributed by atoms with Crippen molar-refractivity contribution in [1.82, 2.24) is 0 Å². The van der Waals surface area contributed by atoms with E-state index in [1.54, 1.807) is 12.2 Å². The normalized spacial score (nSPS) is 33.9. The summed E-state index contributed by atoms with van der Waals surface area (Å²) in [6.07, 6.45) is 9.13. The maximum atomic E-state index is 12.6. The Bertz CT molecular complexity index is 722. The summed E-state index contributed by atoms with van der Waals surface area (Å²) in [4.78, 5) is 49.2. The largest absolute Gasteiger partial charge is 0.481 e. The molecule has 1 heterocycles. The predicted octanol–water partition coefficient (Wildman–Crippen LogP) is 2.28. The van der Waals surface area contributed by atoms with Crippen LogP contribution in [0.5, 0.6) is 0 Å². The van der Waals surface area contributed by atoms with Crippen molar-refractivity contribution in [2.45, 2.75) is 39.0 Å². The van der Waals surface area contributed by atoms with Crippen LogP contribution < -0.4 is 0 Å². The average Bonchev–Trinajstić information content (AvgIpc) is 2.82. The number of ether oxygens (including phenoxy) is 3. The molecule has 1 N–H and O–H groups in total. The first kappa shape index (κ1) is 22.1. The Hall–Kier alpha value is -2.64. The first-order valence-corrected chi connectivity index (χ1v) is 10.4. The molecule has 8 heteroatoms. The predicted molar refractivity (Wildman–Crippen MR) is 104 cm³/mol. The number of carbonyl (C=O) groups excluding carboxylic acids is 3. The lowest BCUT2D eigenvalue weighted by Crippen LogP contribution is -2.40. The van der Waals surface area contributed by atoms with E-state index in [2.05, 4.69) is 0 Å². The number of carboxylic acid groups (broad SMARTS) is 1. The lowest BCUT2D eigenvalue weighted by Gasteiger charge is -2.32. The van der Waals surface area contributed by atoms with E-state index in [1.165, 1.54) is 0 Å². The summed E-state index contributed by atoms with van der Waals surface area (Å²) in [5.74, 6) is -5.26. The van der Waals surface area contributed by atoms with Crippen LogP contribution in [0.3, 0.4) is 0 Å². The molecule has 0 amide bonds. The summed E-state index contributed by atoms with van der Waals surface area (Å²) in [6, 6.07) is 0. The molecule has 4 atom stereocenters. The molecule has 1 fully saturated rings. The zero-order valence-corrected chi connectivity index (χ0v) is 17.1. The van der Waals surface area contributed by atoms with Crippen molar-refractivity contribution >= 4 is 23.9 Å². The van der Waals surface area contributed by atoms with Crippen LogP contribution in [0.2, 0.25) is 0 Å². The Balaban J connectivity index is 1.69. The van der Waals surface area contributed by atoms with Crippen LogP contribution in [0.15, 0.2) is 24.3 Å². The number of carbonyl (C=O) groups is 4. The van der Waals surface area contributed by atoms with Crippen LogP contribution in [0.25, 0.3) is 0 Å². The number of allylic oxidation sites excluding steroid dienone is 4. The van der Waals surface area contributed by atoms with Crippen molar-refractivity contribution in [2.24, 2.45) is 29.1 Å². The molecule has 30 heavy (non-hydrogen) atoms. The molecule has 1 saturated heterocycles. The standard InChI is InChI=1S/C22H28O8/c1-2-22(11-28-19(25)15-8-4-3-7-14(15)18(23)24)12-29-20(26)16-9-5-6-10-17(16)21(27)30-13-22/h3-6,14-17H,2,7-13H2,1H3,(H,23,24). The number of cyclic esters (lactones) is 2. The molecule has 1 aliphatic heterocycles. The van der Waals surface area contributed by atoms with E-state index >= 15 is 0 Å². The molecule has 0 bridgehead atoms. The van der Waals surface area contributed by atoms with Gasteiger partial charge in [-0.05, 0) is 32.1 Å². The van der Waals surface area contributed by atoms with Crippen LogP contribution in [0.4, 0.5) is 0 Å². The van der Waals surface area contributed by atoms with Gasteiger partial charge in [-0.15, -0.1) is 0 Å². The molecular formula is C22H28O8. The van der Waals surface area contributed by atoms with Crippen molar-refractivity contribution in [1.29, 1.82) is 0 Å². The van der Waals surface area contributed by atoms with Gasteiger partial charge in [0.1, 0.15) is 19.8 Å². The maximum absolute atomic E-state index is 12.6. The number of carboxylic acids is 1. The Morgan fingerprint density at radius 1 is 0.967 bits per heavy atom. The van der Waals surface area contributed by atoms with E-state index in [9.17, 15) is 24.3 Å². The second-order valence-corrected chi connectivity index (χ2v) is 8.33. The highest BCUT2D eigenvalue weighted by Gasteiger charge is 2.43. The van der Waals surface area contributed by atoms with E-state index in [-0.39, 0.29) is 26.2 Å². The van der Waals surface area contributed by atoms with E-state index in [0.29, 0.717) is 25.7 Å². The highest BCUT2D eigenvalue weighted by Crippen LogP contribution is 2.34. The SMILES string of the molecule is CCC1(COC(=O)C2CC=CCC2C(=O)O)COC(=O)C2CC=CCC2C(=O)OC1. The molecular weight excluding hydrogens is 392 g/mol. The topological polar surface area (TPSA) is 116 Å². The van der Waals surface area contributed by atoms with Crippen molar-refractivity contribution in [3.05, 3.63) is 24.3 Å². The third-order valence-corrected chi connectivity index (χ3v) is 6.40. The van der Waals surface area contributed by atoms with Gasteiger partial charge < -0.3 is 19.3 Å². The molecule has 3 aliphatic rings. The maximum Gasteiger partial charge on any atom is 0.310 e. The minimum Gasteiger partial charge on any atom is -0.481 e. The van der Waals surface area contributed by atoms with Gasteiger partial charge in [0, 0.05) is 0 Å². The molecule has 8 nitrogen and oxygen atoms in total. The van der Waals surface area contributed by atoms with Crippen LogP contribution >= 0.6 is 0 Å². The number of rotatable bonds is 5. The average molecular weight is 420 g/mol. The van der Waals surface area contributed by atoms with Gasteiger partial charge in [-0.25, -0.2) is 0 Å². The Labute approximate surface area is 175 Å². The summed E-state index contributed by atoms with van der Waals surface area (Å²) in [5.41, 5.74) is -0.870. The van der Waals surface area contributed by atoms with E-state index in [0.717, 1.165) is 0 Å². The highest BCUT2D eigenvalue weighted by atomic mass is 16.6. The van der Waals surface area contributed by atoms with Crippen molar-refractivity contribution < 1.29 is 38.5 Å². The fourth-order valence-electron chi connectivity index (χ4n) is 4.11. The third kappa shape index (κ3) is 4.74. The second-order valence-electron chi connectivity index (χ2n) is 8.33. The number of hydrogen-bond acceptors (Lipinski definition) is 7. The third-order valence-electron chi connectivity index (χ3n) is 6.40. The minimum absolute atomic E-state index is 0.0389. The zero-order valence-electron chi connectivity index (χ0n) is 17.1. The molecule has 2 aliphatic carbocycles. The van der Waals surface area contributed by atoms with E-state index < -0.39 is 53.0 Å². The second kappa shape index (κ2) is 9.45. The van der Waals surface area contributed by atoms with Crippen molar-refractivity contribution in [3.8, 4) is 0 Å². The first-order chi connectivity index (χ1) is 14.4. The summed E-state index contributed by atoms with van der Waals surface area (Å²) in [7, 11) is 0. The van der Waals surface area contributed by atoms with Crippen molar-refractivity contribution in [3.63, 3.8) is 0 Å². The Morgan fingerprint density at radius 2 is 1.47 bits per heavy atom. The summed E-state index contributed by atoms with van der Waals surface area (Å²) < 4.78 is 16.5. The van der Waals surface area contributed by atoms with Gasteiger partial charge in [-0.2, -0.15) is 0 Å². The number of fused-ring (bicyclic) bond motifs is 1. The van der Waals surface area contributed by atoms with E-state index in [1.807, 2.05) is 19.1 Å².